The summed E-state index contributed by atoms with van der Waals surface area (Å²) in [4.78, 5) is 20.4. The molecule has 0 radical (unpaired) electrons. The molecule has 0 amide bonds. The van der Waals surface area contributed by atoms with Crippen molar-refractivity contribution in [1.82, 2.24) is 28.7 Å². The molecule has 0 fully saturated rings. The zero-order valence-corrected chi connectivity index (χ0v) is 31.2. The van der Waals surface area contributed by atoms with Gasteiger partial charge in [0.05, 0.1) is 34.5 Å². The Morgan fingerprint density at radius 3 is 1.36 bits per heavy atom. The molecule has 55 heavy (non-hydrogen) atoms. The molecular formula is C48H36N6O. The van der Waals surface area contributed by atoms with Gasteiger partial charge in [0.1, 0.15) is 22.8 Å². The van der Waals surface area contributed by atoms with E-state index >= 15 is 0 Å². The predicted octanol–water partition coefficient (Wildman–Crippen LogP) is 10.9. The molecule has 8 heterocycles. The first-order valence-corrected chi connectivity index (χ1v) is 19.2. The van der Waals surface area contributed by atoms with Crippen LogP contribution in [0.25, 0.3) is 77.2 Å². The van der Waals surface area contributed by atoms with Gasteiger partial charge in [-0.3, -0.25) is 18.8 Å². The summed E-state index contributed by atoms with van der Waals surface area (Å²) >= 11 is 0. The van der Waals surface area contributed by atoms with Crippen LogP contribution in [0.2, 0.25) is 0 Å². The van der Waals surface area contributed by atoms with E-state index in [2.05, 4.69) is 109 Å². The van der Waals surface area contributed by atoms with E-state index in [1.165, 1.54) is 88.8 Å². The van der Waals surface area contributed by atoms with Gasteiger partial charge in [0.2, 0.25) is 0 Å². The molecule has 7 nitrogen and oxygen atoms in total. The van der Waals surface area contributed by atoms with Crippen LogP contribution in [0.5, 0.6) is 11.5 Å². The van der Waals surface area contributed by atoms with Crippen LogP contribution in [-0.4, -0.2) is 28.7 Å². The average Bonchev–Trinajstić information content (AvgIpc) is 3.84. The summed E-state index contributed by atoms with van der Waals surface area (Å²) < 4.78 is 11.4. The maximum absolute atomic E-state index is 6.71. The molecule has 12 rings (SSSR count). The zero-order valence-electron chi connectivity index (χ0n) is 31.2. The lowest BCUT2D eigenvalue weighted by Gasteiger charge is -2.22. The van der Waals surface area contributed by atoms with Gasteiger partial charge in [0, 0.05) is 45.3 Å². The molecule has 0 unspecified atom stereocenters. The zero-order chi connectivity index (χ0) is 36.7. The van der Waals surface area contributed by atoms with E-state index in [0.29, 0.717) is 11.5 Å². The number of fused-ring (bicyclic) bond motifs is 6. The van der Waals surface area contributed by atoms with Crippen LogP contribution in [0.4, 0.5) is 0 Å². The topological polar surface area (TPSA) is 69.6 Å². The molecule has 0 saturated heterocycles. The fourth-order valence-electron chi connectivity index (χ4n) is 9.97. The highest BCUT2D eigenvalue weighted by Crippen LogP contribution is 2.44. The number of imidazole rings is 2. The van der Waals surface area contributed by atoms with Gasteiger partial charge in [0.15, 0.2) is 0 Å². The maximum Gasteiger partial charge on any atom is 0.147 e. The first-order chi connectivity index (χ1) is 26.9. The van der Waals surface area contributed by atoms with E-state index in [1.807, 2.05) is 24.8 Å². The molecule has 4 aromatic carbocycles. The van der Waals surface area contributed by atoms with Gasteiger partial charge in [-0.2, -0.15) is 0 Å². The highest BCUT2D eigenvalue weighted by atomic mass is 16.5. The van der Waals surface area contributed by atoms with Crippen molar-refractivity contribution in [3.05, 3.63) is 142 Å². The van der Waals surface area contributed by atoms with Crippen LogP contribution in [0.1, 0.15) is 44.8 Å². The summed E-state index contributed by atoms with van der Waals surface area (Å²) in [7, 11) is 0. The minimum absolute atomic E-state index is 0.641. The third-order valence-electron chi connectivity index (χ3n) is 12.4. The van der Waals surface area contributed by atoms with E-state index in [4.69, 9.17) is 24.7 Å². The number of rotatable bonds is 4. The number of nitrogens with zero attached hydrogens (tertiary/aromatic N) is 6. The summed E-state index contributed by atoms with van der Waals surface area (Å²) in [6.45, 7) is 8.80. The summed E-state index contributed by atoms with van der Waals surface area (Å²) in [5.41, 5.74) is 21.2. The summed E-state index contributed by atoms with van der Waals surface area (Å²) in [6.07, 6.45) is 11.7. The Hall–Kier alpha value is -6.60. The van der Waals surface area contributed by atoms with Crippen molar-refractivity contribution in [3.8, 4) is 33.8 Å². The molecule has 0 N–H and O–H groups in total. The Morgan fingerprint density at radius 1 is 0.491 bits per heavy atom. The highest BCUT2D eigenvalue weighted by Gasteiger charge is 2.26. The molecule has 0 spiro atoms. The van der Waals surface area contributed by atoms with Gasteiger partial charge < -0.3 is 4.74 Å². The van der Waals surface area contributed by atoms with Crippen LogP contribution < -0.4 is 4.74 Å². The first kappa shape index (κ1) is 30.8. The lowest BCUT2D eigenvalue weighted by Crippen LogP contribution is -2.08. The lowest BCUT2D eigenvalue weighted by atomic mass is 9.89. The van der Waals surface area contributed by atoms with E-state index < -0.39 is 0 Å². The van der Waals surface area contributed by atoms with Crippen LogP contribution in [0, 0.1) is 27.7 Å². The average molecular weight is 713 g/mol. The van der Waals surface area contributed by atoms with E-state index in [0.717, 1.165) is 58.8 Å². The minimum atomic E-state index is 0.641. The van der Waals surface area contributed by atoms with Crippen LogP contribution in [-0.2, 0) is 25.7 Å². The number of aromatic nitrogens is 6. The molecule has 2 aliphatic heterocycles. The maximum atomic E-state index is 6.71. The van der Waals surface area contributed by atoms with Gasteiger partial charge in [-0.05, 0) is 121 Å². The number of pyridine rings is 4. The van der Waals surface area contributed by atoms with Crippen molar-refractivity contribution < 1.29 is 4.74 Å². The lowest BCUT2D eigenvalue weighted by molar-refractivity contribution is 0.480. The summed E-state index contributed by atoms with van der Waals surface area (Å²) in [5.74, 6) is 1.28. The Bertz CT molecular complexity index is 3090. The van der Waals surface area contributed by atoms with Gasteiger partial charge in [-0.15, -0.1) is 0 Å². The third kappa shape index (κ3) is 4.15. The molecule has 0 bridgehead atoms. The second-order valence-corrected chi connectivity index (χ2v) is 15.6. The Balaban J connectivity index is 1.07. The van der Waals surface area contributed by atoms with Crippen molar-refractivity contribution in [2.75, 3.05) is 0 Å². The molecule has 10 aromatic rings. The van der Waals surface area contributed by atoms with Gasteiger partial charge in [-0.1, -0.05) is 60.7 Å². The quantitative estimate of drug-likeness (QED) is 0.170. The first-order valence-electron chi connectivity index (χ1n) is 19.2. The predicted molar refractivity (Wildman–Crippen MR) is 221 cm³/mol. The standard InChI is InChI=1S/C48H36N6O/c1-25-7-5-8-26(2)39(25)35-17-13-29-11-15-31-21-51-47-37-19-33(23-49-43(37)41(35)45(29)53(31)47)55-34-20-38-44(50-24-34)42-36(40-27(3)9-6-10-28(40)4)18-14-30-12-16-32-22-52-48(38)54(32)46(30)42/h5-10,13-14,17-24H,11-12,15-16H2,1-4H3. The van der Waals surface area contributed by atoms with Crippen molar-refractivity contribution in [2.24, 2.45) is 0 Å². The second kappa shape index (κ2) is 11.0. The number of benzene rings is 4. The Kier molecular flexibility index (Phi) is 6.15. The Labute approximate surface area is 316 Å². The van der Waals surface area contributed by atoms with Crippen LogP contribution in [0.15, 0.2) is 97.6 Å². The molecular weight excluding hydrogens is 677 g/mol. The molecule has 2 aliphatic rings. The van der Waals surface area contributed by atoms with Crippen molar-refractivity contribution in [2.45, 2.75) is 53.4 Å². The Morgan fingerprint density at radius 2 is 0.927 bits per heavy atom. The van der Waals surface area contributed by atoms with Crippen molar-refractivity contribution >= 4 is 54.9 Å². The monoisotopic (exact) mass is 712 g/mol. The third-order valence-corrected chi connectivity index (χ3v) is 12.4. The number of hydrogen-bond acceptors (Lipinski definition) is 5. The van der Waals surface area contributed by atoms with Gasteiger partial charge in [-0.25, -0.2) is 9.97 Å². The summed E-state index contributed by atoms with van der Waals surface area (Å²) in [6, 6.07) is 26.5. The fraction of sp³-hybridized carbons (Fsp3) is 0.167. The van der Waals surface area contributed by atoms with E-state index in [-0.39, 0.29) is 0 Å². The molecule has 264 valence electrons. The molecule has 0 atom stereocenters. The molecule has 6 aromatic heterocycles. The van der Waals surface area contributed by atoms with Crippen molar-refractivity contribution in [3.63, 3.8) is 0 Å². The molecule has 7 heteroatoms. The fourth-order valence-corrected chi connectivity index (χ4v) is 9.97. The van der Waals surface area contributed by atoms with Gasteiger partial charge in [0.25, 0.3) is 0 Å². The molecule has 0 saturated carbocycles. The number of hydrogen-bond donors (Lipinski definition) is 0. The highest BCUT2D eigenvalue weighted by molar-refractivity contribution is 6.18. The molecule has 0 aliphatic carbocycles. The minimum Gasteiger partial charge on any atom is -0.454 e. The van der Waals surface area contributed by atoms with E-state index in [1.54, 1.807) is 0 Å². The number of aryl methyl sites for hydroxylation is 8. The van der Waals surface area contributed by atoms with Crippen LogP contribution >= 0.6 is 0 Å². The normalized spacial score (nSPS) is 13.5. The van der Waals surface area contributed by atoms with Crippen LogP contribution in [0.3, 0.4) is 0 Å². The SMILES string of the molecule is Cc1cccc(C)c1-c1ccc2c3c1c1ncc(Oc4cnc5c(c4)c4ncc6n4c4c(ccc(-c7c(C)cccc7C)c54)CC6)cc1c1ncc(n13)CC2. The largest absolute Gasteiger partial charge is 0.454 e. The van der Waals surface area contributed by atoms with Crippen molar-refractivity contribution in [1.29, 1.82) is 0 Å². The van der Waals surface area contributed by atoms with Gasteiger partial charge >= 0.3 is 0 Å². The summed E-state index contributed by atoms with van der Waals surface area (Å²) in [5, 5.41) is 4.27. The number of ether oxygens (including phenoxy) is 1. The van der Waals surface area contributed by atoms with E-state index in [9.17, 15) is 0 Å². The smallest absolute Gasteiger partial charge is 0.147 e. The second-order valence-electron chi connectivity index (χ2n) is 15.6.